The Hall–Kier alpha value is -1.44. The Bertz CT molecular complexity index is 495. The maximum absolute atomic E-state index is 11.8. The average Bonchev–Trinajstić information content (AvgIpc) is 2.43. The monoisotopic (exact) mass is 332 g/mol. The minimum atomic E-state index is -1.69. The van der Waals surface area contributed by atoms with Gasteiger partial charge in [0.1, 0.15) is 11.2 Å². The first kappa shape index (κ1) is 15.6. The molecule has 0 radical (unpaired) electrons. The molecule has 104 valence electrons. The number of benzene rings is 1. The predicted molar refractivity (Wildman–Crippen MR) is 69.1 cm³/mol. The Morgan fingerprint density at radius 1 is 1.42 bits per heavy atom. The number of aliphatic hydroxyl groups is 2. The van der Waals surface area contributed by atoms with E-state index in [1.165, 1.54) is 12.1 Å². The van der Waals surface area contributed by atoms with Crippen LogP contribution in [0.4, 0.5) is 0 Å². The van der Waals surface area contributed by atoms with Gasteiger partial charge in [-0.05, 0) is 33.6 Å². The van der Waals surface area contributed by atoms with Crippen molar-refractivity contribution in [2.45, 2.75) is 5.41 Å². The fourth-order valence-electron chi connectivity index (χ4n) is 1.66. The molecule has 19 heavy (non-hydrogen) atoms. The van der Waals surface area contributed by atoms with Crippen LogP contribution < -0.4 is 0 Å². The molecule has 7 heteroatoms. The number of ether oxygens (including phenoxy) is 1. The van der Waals surface area contributed by atoms with Crippen LogP contribution in [0.25, 0.3) is 0 Å². The van der Waals surface area contributed by atoms with Gasteiger partial charge in [-0.2, -0.15) is 0 Å². The molecule has 0 aliphatic carbocycles. The van der Waals surface area contributed by atoms with Crippen LogP contribution in [0.3, 0.4) is 0 Å². The van der Waals surface area contributed by atoms with Gasteiger partial charge in [-0.3, -0.25) is 9.59 Å². The van der Waals surface area contributed by atoms with Gasteiger partial charge < -0.3 is 20.1 Å². The number of hydrogen-bond donors (Lipinski definition) is 3. The quantitative estimate of drug-likeness (QED) is 0.531. The minimum Gasteiger partial charge on any atom is -0.506 e. The van der Waals surface area contributed by atoms with Gasteiger partial charge in [0.15, 0.2) is 6.29 Å². The van der Waals surface area contributed by atoms with Crippen molar-refractivity contribution in [1.29, 1.82) is 0 Å². The number of aliphatic hydroxyl groups excluding tert-OH is 2. The Labute approximate surface area is 117 Å². The number of aldehydes is 1. The lowest BCUT2D eigenvalue weighted by Gasteiger charge is -2.27. The third-order valence-corrected chi connectivity index (χ3v) is 3.49. The number of phenols is 1. The predicted octanol–water partition coefficient (Wildman–Crippen LogP) is 0.363. The Balaban J connectivity index is 3.52. The lowest BCUT2D eigenvalue weighted by atomic mass is 9.81. The maximum Gasteiger partial charge on any atom is 0.321 e. The van der Waals surface area contributed by atoms with E-state index in [9.17, 15) is 24.9 Å². The van der Waals surface area contributed by atoms with Gasteiger partial charge in [-0.1, -0.05) is 0 Å². The van der Waals surface area contributed by atoms with Gasteiger partial charge in [0.25, 0.3) is 0 Å². The largest absolute Gasteiger partial charge is 0.506 e. The third-order valence-electron chi connectivity index (χ3n) is 2.89. The molecule has 0 amide bonds. The summed E-state index contributed by atoms with van der Waals surface area (Å²) in [5.74, 6) is -1.12. The van der Waals surface area contributed by atoms with E-state index >= 15 is 0 Å². The van der Waals surface area contributed by atoms with Gasteiger partial charge in [0.2, 0.25) is 0 Å². The number of hydrogen-bond acceptors (Lipinski definition) is 6. The summed E-state index contributed by atoms with van der Waals surface area (Å²) in [4.78, 5) is 22.6. The lowest BCUT2D eigenvalue weighted by Crippen LogP contribution is -2.44. The summed E-state index contributed by atoms with van der Waals surface area (Å²) >= 11 is 3.04. The topological polar surface area (TPSA) is 104 Å². The molecule has 0 fully saturated rings. The SMILES string of the molecule is COC(=O)C(CO)(CO)c1cc(Br)c(O)c(C=O)c1. The molecule has 0 aromatic heterocycles. The van der Waals surface area contributed by atoms with Gasteiger partial charge in [-0.15, -0.1) is 0 Å². The smallest absolute Gasteiger partial charge is 0.321 e. The van der Waals surface area contributed by atoms with E-state index in [0.29, 0.717) is 6.29 Å². The van der Waals surface area contributed by atoms with E-state index in [1.807, 2.05) is 0 Å². The van der Waals surface area contributed by atoms with Gasteiger partial charge >= 0.3 is 5.97 Å². The molecule has 0 spiro atoms. The van der Waals surface area contributed by atoms with Crippen molar-refractivity contribution in [3.8, 4) is 5.75 Å². The molecule has 0 aliphatic heterocycles. The highest BCUT2D eigenvalue weighted by atomic mass is 79.9. The minimum absolute atomic E-state index is 0.0699. The first-order chi connectivity index (χ1) is 8.96. The van der Waals surface area contributed by atoms with E-state index < -0.39 is 24.6 Å². The summed E-state index contributed by atoms with van der Waals surface area (Å²) < 4.78 is 4.74. The Morgan fingerprint density at radius 2 is 2.00 bits per heavy atom. The van der Waals surface area contributed by atoms with Crippen LogP contribution in [0.15, 0.2) is 16.6 Å². The van der Waals surface area contributed by atoms with Crippen molar-refractivity contribution in [2.24, 2.45) is 0 Å². The van der Waals surface area contributed by atoms with Crippen LogP contribution in [0.5, 0.6) is 5.75 Å². The highest BCUT2D eigenvalue weighted by Gasteiger charge is 2.41. The van der Waals surface area contributed by atoms with E-state index in [-0.39, 0.29) is 21.3 Å². The summed E-state index contributed by atoms with van der Waals surface area (Å²) in [6.07, 6.45) is 0.403. The number of carbonyl (C=O) groups excluding carboxylic acids is 2. The standard InChI is InChI=1S/C12H13BrO6/c1-19-11(18)12(5-15,6-16)8-2-7(4-14)10(17)9(13)3-8/h2-4,15-17H,5-6H2,1H3. The second-order valence-corrected chi connectivity index (χ2v) is 4.76. The van der Waals surface area contributed by atoms with Crippen LogP contribution in [0, 0.1) is 0 Å². The molecule has 0 saturated carbocycles. The zero-order valence-electron chi connectivity index (χ0n) is 10.1. The summed E-state index contributed by atoms with van der Waals surface area (Å²) in [6.45, 7) is -1.41. The average molecular weight is 333 g/mol. The zero-order chi connectivity index (χ0) is 14.6. The number of esters is 1. The second kappa shape index (κ2) is 6.14. The number of phenolic OH excluding ortho intramolecular Hbond substituents is 1. The molecule has 6 nitrogen and oxygen atoms in total. The number of rotatable bonds is 5. The molecular formula is C12H13BrO6. The van der Waals surface area contributed by atoms with E-state index in [0.717, 1.165) is 7.11 Å². The van der Waals surface area contributed by atoms with Crippen molar-refractivity contribution in [2.75, 3.05) is 20.3 Å². The number of carbonyl (C=O) groups is 2. The van der Waals surface area contributed by atoms with Crippen molar-refractivity contribution in [3.05, 3.63) is 27.7 Å². The maximum atomic E-state index is 11.8. The van der Waals surface area contributed by atoms with Crippen LogP contribution in [-0.2, 0) is 14.9 Å². The van der Waals surface area contributed by atoms with Crippen molar-refractivity contribution >= 4 is 28.2 Å². The summed E-state index contributed by atoms with van der Waals surface area (Å²) in [5.41, 5.74) is -1.60. The second-order valence-electron chi connectivity index (χ2n) is 3.90. The van der Waals surface area contributed by atoms with Crippen LogP contribution >= 0.6 is 15.9 Å². The fraction of sp³-hybridized carbons (Fsp3) is 0.333. The third kappa shape index (κ3) is 2.63. The molecule has 0 saturated heterocycles. The highest BCUT2D eigenvalue weighted by molar-refractivity contribution is 9.10. The molecule has 0 bridgehead atoms. The van der Waals surface area contributed by atoms with E-state index in [2.05, 4.69) is 20.7 Å². The van der Waals surface area contributed by atoms with E-state index in [4.69, 9.17) is 0 Å². The van der Waals surface area contributed by atoms with Gasteiger partial charge in [-0.25, -0.2) is 0 Å². The first-order valence-electron chi connectivity index (χ1n) is 5.25. The Morgan fingerprint density at radius 3 is 2.42 bits per heavy atom. The van der Waals surface area contributed by atoms with Crippen molar-refractivity contribution < 1.29 is 29.6 Å². The molecule has 3 N–H and O–H groups in total. The number of halogens is 1. The molecule has 0 atom stereocenters. The lowest BCUT2D eigenvalue weighted by molar-refractivity contribution is -0.151. The highest BCUT2D eigenvalue weighted by Crippen LogP contribution is 2.34. The molecule has 0 heterocycles. The first-order valence-corrected chi connectivity index (χ1v) is 6.04. The zero-order valence-corrected chi connectivity index (χ0v) is 11.7. The van der Waals surface area contributed by atoms with Gasteiger partial charge in [0.05, 0.1) is 30.4 Å². The fourth-order valence-corrected chi connectivity index (χ4v) is 2.14. The molecule has 0 aliphatic rings. The van der Waals surface area contributed by atoms with Crippen molar-refractivity contribution in [1.82, 2.24) is 0 Å². The molecule has 1 aromatic rings. The summed E-state index contributed by atoms with van der Waals surface area (Å²) in [5, 5.41) is 28.5. The Kier molecular flexibility index (Phi) is 5.04. The molecular weight excluding hydrogens is 320 g/mol. The summed E-state index contributed by atoms with van der Waals surface area (Å²) in [6, 6.07) is 2.56. The van der Waals surface area contributed by atoms with Crippen molar-refractivity contribution in [3.63, 3.8) is 0 Å². The van der Waals surface area contributed by atoms with E-state index in [1.54, 1.807) is 0 Å². The van der Waals surface area contributed by atoms with Crippen LogP contribution in [0.1, 0.15) is 15.9 Å². The normalized spacial score (nSPS) is 11.2. The molecule has 0 unspecified atom stereocenters. The number of aromatic hydroxyl groups is 1. The van der Waals surface area contributed by atoms with Crippen LogP contribution in [-0.4, -0.2) is 47.9 Å². The van der Waals surface area contributed by atoms with Gasteiger partial charge in [0, 0.05) is 0 Å². The summed E-state index contributed by atoms with van der Waals surface area (Å²) in [7, 11) is 1.12. The molecule has 1 rings (SSSR count). The molecule has 1 aromatic carbocycles. The number of methoxy groups -OCH3 is 1. The van der Waals surface area contributed by atoms with Crippen LogP contribution in [0.2, 0.25) is 0 Å².